The fourth-order valence-electron chi connectivity index (χ4n) is 1.94. The summed E-state index contributed by atoms with van der Waals surface area (Å²) >= 11 is 0. The van der Waals surface area contributed by atoms with Gasteiger partial charge in [0, 0.05) is 10.9 Å². The molecule has 3 heteroatoms. The summed E-state index contributed by atoms with van der Waals surface area (Å²) in [6.07, 6.45) is 1.26. The third-order valence-corrected chi connectivity index (χ3v) is 2.82. The van der Waals surface area contributed by atoms with Crippen LogP contribution in [0.3, 0.4) is 0 Å². The Kier molecular flexibility index (Phi) is 3.00. The van der Waals surface area contributed by atoms with Gasteiger partial charge in [-0.05, 0) is 26.0 Å². The molecule has 0 spiro atoms. The highest BCUT2D eigenvalue weighted by Crippen LogP contribution is 2.28. The van der Waals surface area contributed by atoms with Crippen molar-refractivity contribution in [3.05, 3.63) is 48.2 Å². The van der Waals surface area contributed by atoms with Crippen molar-refractivity contribution in [2.45, 2.75) is 19.9 Å². The van der Waals surface area contributed by atoms with Crippen LogP contribution in [0.15, 0.2) is 41.3 Å². The van der Waals surface area contributed by atoms with Gasteiger partial charge in [0.25, 0.3) is 0 Å². The number of benzene rings is 1. The predicted octanol–water partition coefficient (Wildman–Crippen LogP) is 3.10. The molecule has 0 aliphatic heterocycles. The molecule has 0 aliphatic carbocycles. The van der Waals surface area contributed by atoms with E-state index in [0.717, 1.165) is 22.3 Å². The van der Waals surface area contributed by atoms with Crippen LogP contribution in [0.2, 0.25) is 0 Å². The predicted molar refractivity (Wildman–Crippen MR) is 67.7 cm³/mol. The van der Waals surface area contributed by atoms with Crippen LogP contribution in [-0.2, 0) is 4.79 Å². The Hall–Kier alpha value is -2.03. The van der Waals surface area contributed by atoms with Crippen LogP contribution >= 0.6 is 0 Å². The number of rotatable bonds is 3. The zero-order chi connectivity index (χ0) is 12.4. The van der Waals surface area contributed by atoms with E-state index in [1.54, 1.807) is 0 Å². The molecule has 0 fully saturated rings. The highest BCUT2D eigenvalue weighted by molar-refractivity contribution is 5.87. The van der Waals surface area contributed by atoms with Crippen LogP contribution in [0.25, 0.3) is 11.0 Å². The second kappa shape index (κ2) is 4.45. The molecular weight excluding hydrogens is 214 g/mol. The SMILES string of the molecule is C=CC(=O)N[C@@H](C)c1oc2ccccc2c1C. The summed E-state index contributed by atoms with van der Waals surface area (Å²) in [5, 5.41) is 3.88. The summed E-state index contributed by atoms with van der Waals surface area (Å²) in [5.74, 6) is 0.596. The number of aryl methyl sites for hydroxylation is 1. The molecule has 3 nitrogen and oxygen atoms in total. The Labute approximate surface area is 100 Å². The topological polar surface area (TPSA) is 42.2 Å². The normalized spacial score (nSPS) is 12.4. The summed E-state index contributed by atoms with van der Waals surface area (Å²) in [6.45, 7) is 7.32. The van der Waals surface area contributed by atoms with Gasteiger partial charge in [0.1, 0.15) is 11.3 Å². The van der Waals surface area contributed by atoms with Gasteiger partial charge in [-0.1, -0.05) is 24.8 Å². The van der Waals surface area contributed by atoms with E-state index in [4.69, 9.17) is 4.42 Å². The molecule has 2 aromatic rings. The standard InChI is InChI=1S/C14H15NO2/c1-4-13(16)15-10(3)14-9(2)11-7-5-6-8-12(11)17-14/h4-8,10H,1H2,2-3H3,(H,15,16)/t10-/m0/s1. The van der Waals surface area contributed by atoms with E-state index >= 15 is 0 Å². The van der Waals surface area contributed by atoms with E-state index in [-0.39, 0.29) is 11.9 Å². The Morgan fingerprint density at radius 2 is 2.18 bits per heavy atom. The minimum Gasteiger partial charge on any atom is -0.459 e. The van der Waals surface area contributed by atoms with Crippen molar-refractivity contribution in [3.8, 4) is 0 Å². The summed E-state index contributed by atoms with van der Waals surface area (Å²) in [6, 6.07) is 7.69. The van der Waals surface area contributed by atoms with Crippen molar-refractivity contribution >= 4 is 16.9 Å². The van der Waals surface area contributed by atoms with Crippen molar-refractivity contribution < 1.29 is 9.21 Å². The molecule has 0 radical (unpaired) electrons. The Morgan fingerprint density at radius 3 is 2.82 bits per heavy atom. The lowest BCUT2D eigenvalue weighted by Gasteiger charge is -2.10. The van der Waals surface area contributed by atoms with E-state index < -0.39 is 0 Å². The van der Waals surface area contributed by atoms with Gasteiger partial charge in [0.05, 0.1) is 6.04 Å². The molecule has 0 saturated carbocycles. The Bertz CT molecular complexity index is 569. The van der Waals surface area contributed by atoms with Gasteiger partial charge >= 0.3 is 0 Å². The van der Waals surface area contributed by atoms with Crippen molar-refractivity contribution in [2.24, 2.45) is 0 Å². The number of hydrogen-bond acceptors (Lipinski definition) is 2. The molecule has 0 saturated heterocycles. The maximum atomic E-state index is 11.3. The molecule has 88 valence electrons. The van der Waals surface area contributed by atoms with Gasteiger partial charge in [-0.3, -0.25) is 4.79 Å². The van der Waals surface area contributed by atoms with E-state index in [1.165, 1.54) is 6.08 Å². The number of fused-ring (bicyclic) bond motifs is 1. The first-order valence-electron chi connectivity index (χ1n) is 5.54. The lowest BCUT2D eigenvalue weighted by Crippen LogP contribution is -2.24. The van der Waals surface area contributed by atoms with Crippen molar-refractivity contribution in [1.29, 1.82) is 0 Å². The smallest absolute Gasteiger partial charge is 0.243 e. The first-order valence-corrected chi connectivity index (χ1v) is 5.54. The van der Waals surface area contributed by atoms with Crippen molar-refractivity contribution in [1.82, 2.24) is 5.32 Å². The molecular formula is C14H15NO2. The number of para-hydroxylation sites is 1. The van der Waals surface area contributed by atoms with Crippen LogP contribution in [0, 0.1) is 6.92 Å². The fourth-order valence-corrected chi connectivity index (χ4v) is 1.94. The van der Waals surface area contributed by atoms with Crippen molar-refractivity contribution in [2.75, 3.05) is 0 Å². The number of furan rings is 1. The number of amides is 1. The van der Waals surface area contributed by atoms with Crippen LogP contribution < -0.4 is 5.32 Å². The maximum absolute atomic E-state index is 11.3. The summed E-state index contributed by atoms with van der Waals surface area (Å²) in [5.41, 5.74) is 1.91. The van der Waals surface area contributed by atoms with Gasteiger partial charge in [-0.2, -0.15) is 0 Å². The highest BCUT2D eigenvalue weighted by Gasteiger charge is 2.16. The monoisotopic (exact) mass is 229 g/mol. The highest BCUT2D eigenvalue weighted by atomic mass is 16.3. The number of carbonyl (C=O) groups excluding carboxylic acids is 1. The molecule has 0 unspecified atom stereocenters. The lowest BCUT2D eigenvalue weighted by atomic mass is 10.1. The van der Waals surface area contributed by atoms with Crippen LogP contribution in [-0.4, -0.2) is 5.91 Å². The van der Waals surface area contributed by atoms with Gasteiger partial charge in [-0.25, -0.2) is 0 Å². The van der Waals surface area contributed by atoms with E-state index in [0.29, 0.717) is 0 Å². The van der Waals surface area contributed by atoms with Crippen LogP contribution in [0.1, 0.15) is 24.3 Å². The molecule has 1 aromatic heterocycles. The zero-order valence-electron chi connectivity index (χ0n) is 9.99. The average molecular weight is 229 g/mol. The molecule has 1 amide bonds. The second-order valence-electron chi connectivity index (χ2n) is 4.02. The van der Waals surface area contributed by atoms with Crippen LogP contribution in [0.4, 0.5) is 0 Å². The van der Waals surface area contributed by atoms with Crippen LogP contribution in [0.5, 0.6) is 0 Å². The van der Waals surface area contributed by atoms with Gasteiger partial charge < -0.3 is 9.73 Å². The summed E-state index contributed by atoms with van der Waals surface area (Å²) in [4.78, 5) is 11.3. The third-order valence-electron chi connectivity index (χ3n) is 2.82. The molecule has 1 N–H and O–H groups in total. The largest absolute Gasteiger partial charge is 0.459 e. The quantitative estimate of drug-likeness (QED) is 0.822. The minimum atomic E-state index is -0.197. The fraction of sp³-hybridized carbons (Fsp3) is 0.214. The molecule has 17 heavy (non-hydrogen) atoms. The first kappa shape index (κ1) is 11.5. The first-order chi connectivity index (χ1) is 8.13. The maximum Gasteiger partial charge on any atom is 0.243 e. The van der Waals surface area contributed by atoms with E-state index in [9.17, 15) is 4.79 Å². The number of carbonyl (C=O) groups is 1. The molecule has 1 aromatic carbocycles. The van der Waals surface area contributed by atoms with E-state index in [2.05, 4.69) is 11.9 Å². The van der Waals surface area contributed by atoms with E-state index in [1.807, 2.05) is 38.1 Å². The number of hydrogen-bond donors (Lipinski definition) is 1. The average Bonchev–Trinajstić information content (AvgIpc) is 2.67. The summed E-state index contributed by atoms with van der Waals surface area (Å²) < 4.78 is 5.76. The molecule has 0 bridgehead atoms. The lowest BCUT2D eigenvalue weighted by molar-refractivity contribution is -0.117. The third kappa shape index (κ3) is 2.09. The van der Waals surface area contributed by atoms with Crippen molar-refractivity contribution in [3.63, 3.8) is 0 Å². The molecule has 1 atom stereocenters. The molecule has 1 heterocycles. The molecule has 2 rings (SSSR count). The second-order valence-corrected chi connectivity index (χ2v) is 4.02. The van der Waals surface area contributed by atoms with Gasteiger partial charge in [0.15, 0.2) is 0 Å². The Balaban J connectivity index is 2.38. The van der Waals surface area contributed by atoms with Gasteiger partial charge in [0.2, 0.25) is 5.91 Å². The van der Waals surface area contributed by atoms with Gasteiger partial charge in [-0.15, -0.1) is 0 Å². The molecule has 0 aliphatic rings. The number of nitrogens with one attached hydrogen (secondary N) is 1. The Morgan fingerprint density at radius 1 is 1.47 bits per heavy atom. The zero-order valence-corrected chi connectivity index (χ0v) is 9.99. The summed E-state index contributed by atoms with van der Waals surface area (Å²) in [7, 11) is 0. The minimum absolute atomic E-state index is 0.159.